The second-order valence-electron chi connectivity index (χ2n) is 5.29. The first-order valence-electron chi connectivity index (χ1n) is 5.75. The zero-order valence-corrected chi connectivity index (χ0v) is 11.6. The van der Waals surface area contributed by atoms with Gasteiger partial charge in [-0.2, -0.15) is 0 Å². The molecule has 0 saturated carbocycles. The molecule has 1 rings (SSSR count). The number of amides is 1. The molecule has 1 aromatic carbocycles. The number of hydrogen-bond donors (Lipinski definition) is 3. The summed E-state index contributed by atoms with van der Waals surface area (Å²) in [4.78, 5) is 12.1. The number of rotatable bonds is 3. The van der Waals surface area contributed by atoms with Gasteiger partial charge in [0.1, 0.15) is 5.75 Å². The van der Waals surface area contributed by atoms with Gasteiger partial charge in [0.15, 0.2) is 0 Å². The lowest BCUT2D eigenvalue weighted by Gasteiger charge is -2.30. The van der Waals surface area contributed by atoms with Crippen molar-refractivity contribution in [2.45, 2.75) is 26.8 Å². The maximum atomic E-state index is 12.1. The van der Waals surface area contributed by atoms with E-state index in [1.165, 1.54) is 18.2 Å². The quantitative estimate of drug-likeness (QED) is 0.788. The third-order valence-corrected chi connectivity index (χ3v) is 3.11. The predicted molar refractivity (Wildman–Crippen MR) is 72.9 cm³/mol. The topological polar surface area (TPSA) is 75.3 Å². The van der Waals surface area contributed by atoms with E-state index in [0.29, 0.717) is 11.6 Å². The zero-order chi connectivity index (χ0) is 13.9. The Labute approximate surface area is 112 Å². The van der Waals surface area contributed by atoms with Crippen molar-refractivity contribution in [1.82, 2.24) is 5.32 Å². The average Bonchev–Trinajstić information content (AvgIpc) is 2.27. The molecule has 0 aliphatic carbocycles. The van der Waals surface area contributed by atoms with Crippen LogP contribution in [0.4, 0.5) is 0 Å². The minimum Gasteiger partial charge on any atom is -0.508 e. The summed E-state index contributed by atoms with van der Waals surface area (Å²) in [6.07, 6.45) is 0. The fraction of sp³-hybridized carbons (Fsp3) is 0.462. The Morgan fingerprint density at radius 2 is 2.11 bits per heavy atom. The van der Waals surface area contributed by atoms with E-state index in [9.17, 15) is 9.90 Å². The van der Waals surface area contributed by atoms with Crippen molar-refractivity contribution in [3.8, 4) is 5.75 Å². The van der Waals surface area contributed by atoms with Gasteiger partial charge in [-0.15, -0.1) is 0 Å². The smallest absolute Gasteiger partial charge is 0.253 e. The number of phenols is 1. The summed E-state index contributed by atoms with van der Waals surface area (Å²) in [7, 11) is 0. The molecule has 0 heterocycles. The van der Waals surface area contributed by atoms with Gasteiger partial charge in [0.05, 0.1) is 10.6 Å². The van der Waals surface area contributed by atoms with Crippen LogP contribution in [0.3, 0.4) is 0 Å². The molecule has 0 spiro atoms. The standard InChI is InChI=1S/C13H19ClN2O2/c1-13(2,3)11(7-15)16-12(18)9-6-8(17)4-5-10(9)14/h4-6,11,17H,7,15H2,1-3H3,(H,16,18). The summed E-state index contributed by atoms with van der Waals surface area (Å²) in [5.74, 6) is -0.328. The number of phenolic OH excluding ortho intramolecular Hbond substituents is 1. The molecule has 0 aliphatic rings. The number of nitrogens with one attached hydrogen (secondary N) is 1. The number of hydrogen-bond acceptors (Lipinski definition) is 3. The summed E-state index contributed by atoms with van der Waals surface area (Å²) < 4.78 is 0. The normalized spacial score (nSPS) is 13.2. The van der Waals surface area contributed by atoms with E-state index < -0.39 is 0 Å². The molecule has 0 fully saturated rings. The molecule has 1 unspecified atom stereocenters. The Kier molecular flexibility index (Phi) is 4.59. The van der Waals surface area contributed by atoms with Gasteiger partial charge in [0.2, 0.25) is 0 Å². The molecule has 1 aromatic rings. The number of carbonyl (C=O) groups is 1. The van der Waals surface area contributed by atoms with Crippen molar-refractivity contribution in [2.24, 2.45) is 11.1 Å². The van der Waals surface area contributed by atoms with Crippen LogP contribution in [-0.4, -0.2) is 23.6 Å². The van der Waals surface area contributed by atoms with Crippen molar-refractivity contribution < 1.29 is 9.90 Å². The van der Waals surface area contributed by atoms with Gasteiger partial charge in [-0.1, -0.05) is 32.4 Å². The number of carbonyl (C=O) groups excluding carboxylic acids is 1. The van der Waals surface area contributed by atoms with Gasteiger partial charge in [0, 0.05) is 12.6 Å². The Morgan fingerprint density at radius 1 is 1.50 bits per heavy atom. The summed E-state index contributed by atoms with van der Waals surface area (Å²) >= 11 is 5.93. The SMILES string of the molecule is CC(C)(C)C(CN)NC(=O)c1cc(O)ccc1Cl. The molecule has 18 heavy (non-hydrogen) atoms. The maximum absolute atomic E-state index is 12.1. The first-order chi connectivity index (χ1) is 8.25. The fourth-order valence-corrected chi connectivity index (χ4v) is 1.76. The van der Waals surface area contributed by atoms with Gasteiger partial charge >= 0.3 is 0 Å². The molecule has 0 saturated heterocycles. The predicted octanol–water partition coefficient (Wildman–Crippen LogP) is 2.15. The molecular formula is C13H19ClN2O2. The third-order valence-electron chi connectivity index (χ3n) is 2.78. The van der Waals surface area contributed by atoms with Crippen molar-refractivity contribution in [1.29, 1.82) is 0 Å². The lowest BCUT2D eigenvalue weighted by atomic mass is 9.86. The van der Waals surface area contributed by atoms with Crippen LogP contribution < -0.4 is 11.1 Å². The largest absolute Gasteiger partial charge is 0.508 e. The average molecular weight is 271 g/mol. The second kappa shape index (κ2) is 5.59. The highest BCUT2D eigenvalue weighted by Crippen LogP contribution is 2.23. The molecule has 4 N–H and O–H groups in total. The van der Waals surface area contributed by atoms with Gasteiger partial charge in [-0.3, -0.25) is 4.79 Å². The van der Waals surface area contributed by atoms with Crippen LogP contribution in [0.1, 0.15) is 31.1 Å². The van der Waals surface area contributed by atoms with E-state index in [2.05, 4.69) is 5.32 Å². The summed E-state index contributed by atoms with van der Waals surface area (Å²) in [5.41, 5.74) is 5.76. The Bertz CT molecular complexity index is 441. The minimum absolute atomic E-state index is 0.00427. The molecule has 0 aliphatic heterocycles. The minimum atomic E-state index is -0.332. The molecule has 0 bridgehead atoms. The highest BCUT2D eigenvalue weighted by molar-refractivity contribution is 6.33. The molecule has 5 heteroatoms. The zero-order valence-electron chi connectivity index (χ0n) is 10.8. The van der Waals surface area contributed by atoms with Crippen LogP contribution in [-0.2, 0) is 0 Å². The van der Waals surface area contributed by atoms with Gasteiger partial charge in [-0.25, -0.2) is 0 Å². The lowest BCUT2D eigenvalue weighted by molar-refractivity contribution is 0.0905. The van der Waals surface area contributed by atoms with Crippen LogP contribution in [0.5, 0.6) is 5.75 Å². The van der Waals surface area contributed by atoms with Gasteiger partial charge in [-0.05, 0) is 23.6 Å². The second-order valence-corrected chi connectivity index (χ2v) is 5.70. The fourth-order valence-electron chi connectivity index (χ4n) is 1.55. The number of aromatic hydroxyl groups is 1. The van der Waals surface area contributed by atoms with Crippen molar-refractivity contribution >= 4 is 17.5 Å². The van der Waals surface area contributed by atoms with Crippen molar-refractivity contribution in [2.75, 3.05) is 6.54 Å². The summed E-state index contributed by atoms with van der Waals surface area (Å²) in [6, 6.07) is 4.10. The molecule has 4 nitrogen and oxygen atoms in total. The maximum Gasteiger partial charge on any atom is 0.253 e. The molecular weight excluding hydrogens is 252 g/mol. The molecule has 1 atom stereocenters. The van der Waals surface area contributed by atoms with Crippen molar-refractivity contribution in [3.63, 3.8) is 0 Å². The summed E-state index contributed by atoms with van der Waals surface area (Å²) in [6.45, 7) is 6.32. The highest BCUT2D eigenvalue weighted by Gasteiger charge is 2.25. The number of benzene rings is 1. The molecule has 1 amide bonds. The Morgan fingerprint density at radius 3 is 2.61 bits per heavy atom. The van der Waals surface area contributed by atoms with E-state index in [4.69, 9.17) is 17.3 Å². The van der Waals surface area contributed by atoms with E-state index in [-0.39, 0.29) is 28.7 Å². The van der Waals surface area contributed by atoms with Gasteiger partial charge in [0.25, 0.3) is 5.91 Å². The van der Waals surface area contributed by atoms with Crippen LogP contribution in [0, 0.1) is 5.41 Å². The lowest BCUT2D eigenvalue weighted by Crippen LogP contribution is -2.48. The van der Waals surface area contributed by atoms with Crippen molar-refractivity contribution in [3.05, 3.63) is 28.8 Å². The molecule has 0 radical (unpaired) electrons. The van der Waals surface area contributed by atoms with Crippen LogP contribution in [0.25, 0.3) is 0 Å². The first-order valence-corrected chi connectivity index (χ1v) is 6.13. The Balaban J connectivity index is 2.91. The molecule has 0 aromatic heterocycles. The third kappa shape index (κ3) is 3.62. The number of nitrogens with two attached hydrogens (primary N) is 1. The van der Waals surface area contributed by atoms with E-state index in [0.717, 1.165) is 0 Å². The number of halogens is 1. The van der Waals surface area contributed by atoms with Gasteiger partial charge < -0.3 is 16.2 Å². The highest BCUT2D eigenvalue weighted by atomic mass is 35.5. The van der Waals surface area contributed by atoms with E-state index in [1.807, 2.05) is 20.8 Å². The van der Waals surface area contributed by atoms with E-state index >= 15 is 0 Å². The van der Waals surface area contributed by atoms with E-state index in [1.54, 1.807) is 0 Å². The van der Waals surface area contributed by atoms with Crippen LogP contribution in [0.15, 0.2) is 18.2 Å². The first kappa shape index (κ1) is 14.8. The van der Waals surface area contributed by atoms with Crippen LogP contribution >= 0.6 is 11.6 Å². The monoisotopic (exact) mass is 270 g/mol. The Hall–Kier alpha value is -1.26. The summed E-state index contributed by atoms with van der Waals surface area (Å²) in [5, 5.41) is 12.5. The van der Waals surface area contributed by atoms with Crippen LogP contribution in [0.2, 0.25) is 5.02 Å². The molecule has 100 valence electrons.